The zero-order valence-electron chi connectivity index (χ0n) is 11.7. The van der Waals surface area contributed by atoms with Crippen LogP contribution in [0.1, 0.15) is 11.1 Å². The molecule has 0 bridgehead atoms. The van der Waals surface area contributed by atoms with Crippen LogP contribution in [-0.2, 0) is 0 Å². The molecule has 0 atom stereocenters. The molecule has 2 heteroatoms. The minimum Gasteiger partial charge on any atom is -0.252 e. The average Bonchev–Trinajstić information content (AvgIpc) is 2.47. The number of aryl methyl sites for hydroxylation is 2. The summed E-state index contributed by atoms with van der Waals surface area (Å²) in [5.74, 6) is 0. The van der Waals surface area contributed by atoms with E-state index in [-0.39, 0.29) is 0 Å². The summed E-state index contributed by atoms with van der Waals surface area (Å²) in [4.78, 5) is 9.07. The fourth-order valence-electron chi connectivity index (χ4n) is 2.23. The Labute approximate surface area is 119 Å². The van der Waals surface area contributed by atoms with Gasteiger partial charge in [-0.05, 0) is 26.0 Å². The first-order chi connectivity index (χ1) is 9.72. The molecule has 0 radical (unpaired) electrons. The standard InChI is InChI=1S/C18H16N2/c1-13-5-3-7-15(9-13)17-11-20-18(12-19-17)16-8-4-6-14(2)10-16/h3-12H,1-2H3. The topological polar surface area (TPSA) is 25.8 Å². The van der Waals surface area contributed by atoms with E-state index in [1.165, 1.54) is 11.1 Å². The second-order valence-electron chi connectivity index (χ2n) is 5.03. The van der Waals surface area contributed by atoms with Gasteiger partial charge in [0.05, 0.1) is 23.8 Å². The first kappa shape index (κ1) is 12.5. The maximum absolute atomic E-state index is 4.53. The van der Waals surface area contributed by atoms with Gasteiger partial charge in [-0.3, -0.25) is 9.97 Å². The smallest absolute Gasteiger partial charge is 0.0885 e. The Kier molecular flexibility index (Phi) is 3.30. The highest BCUT2D eigenvalue weighted by Crippen LogP contribution is 2.21. The molecule has 98 valence electrons. The Morgan fingerprint density at radius 3 is 1.45 bits per heavy atom. The van der Waals surface area contributed by atoms with E-state index in [1.807, 2.05) is 24.5 Å². The molecule has 0 aliphatic rings. The van der Waals surface area contributed by atoms with Crippen molar-refractivity contribution in [1.29, 1.82) is 0 Å². The molecule has 0 aliphatic carbocycles. The zero-order chi connectivity index (χ0) is 13.9. The molecule has 0 aliphatic heterocycles. The highest BCUT2D eigenvalue weighted by Gasteiger charge is 2.03. The van der Waals surface area contributed by atoms with Gasteiger partial charge >= 0.3 is 0 Å². The lowest BCUT2D eigenvalue weighted by atomic mass is 10.1. The molecule has 3 rings (SSSR count). The summed E-state index contributed by atoms with van der Waals surface area (Å²) in [5.41, 5.74) is 6.48. The predicted octanol–water partition coefficient (Wildman–Crippen LogP) is 4.43. The molecule has 0 amide bonds. The lowest BCUT2D eigenvalue weighted by molar-refractivity contribution is 1.20. The van der Waals surface area contributed by atoms with E-state index in [2.05, 4.69) is 60.2 Å². The van der Waals surface area contributed by atoms with Gasteiger partial charge < -0.3 is 0 Å². The molecule has 3 aromatic rings. The van der Waals surface area contributed by atoms with E-state index < -0.39 is 0 Å². The summed E-state index contributed by atoms with van der Waals surface area (Å²) < 4.78 is 0. The Balaban J connectivity index is 1.96. The number of nitrogens with zero attached hydrogens (tertiary/aromatic N) is 2. The van der Waals surface area contributed by atoms with Crippen LogP contribution in [0, 0.1) is 13.8 Å². The van der Waals surface area contributed by atoms with Gasteiger partial charge in [-0.15, -0.1) is 0 Å². The highest BCUT2D eigenvalue weighted by molar-refractivity contribution is 5.63. The summed E-state index contributed by atoms with van der Waals surface area (Å²) in [6.07, 6.45) is 3.68. The molecule has 1 heterocycles. The summed E-state index contributed by atoms with van der Waals surface area (Å²) in [6.45, 7) is 4.16. The summed E-state index contributed by atoms with van der Waals surface area (Å²) in [6, 6.07) is 16.6. The zero-order valence-corrected chi connectivity index (χ0v) is 11.7. The SMILES string of the molecule is Cc1cccc(-c2cnc(-c3cccc(C)c3)cn2)c1. The van der Waals surface area contributed by atoms with Crippen LogP contribution in [0.2, 0.25) is 0 Å². The quantitative estimate of drug-likeness (QED) is 0.681. The second kappa shape index (κ2) is 5.25. The number of hydrogen-bond acceptors (Lipinski definition) is 2. The summed E-state index contributed by atoms with van der Waals surface area (Å²) in [5, 5.41) is 0. The largest absolute Gasteiger partial charge is 0.252 e. The van der Waals surface area contributed by atoms with Gasteiger partial charge in [0.2, 0.25) is 0 Å². The van der Waals surface area contributed by atoms with Crippen LogP contribution >= 0.6 is 0 Å². The maximum Gasteiger partial charge on any atom is 0.0885 e. The van der Waals surface area contributed by atoms with Crippen molar-refractivity contribution in [3.8, 4) is 22.5 Å². The lowest BCUT2D eigenvalue weighted by Gasteiger charge is -2.04. The minimum atomic E-state index is 0.908. The number of hydrogen-bond donors (Lipinski definition) is 0. The van der Waals surface area contributed by atoms with E-state index >= 15 is 0 Å². The van der Waals surface area contributed by atoms with Crippen LogP contribution < -0.4 is 0 Å². The van der Waals surface area contributed by atoms with Crippen LogP contribution in [0.15, 0.2) is 60.9 Å². The van der Waals surface area contributed by atoms with Crippen LogP contribution in [0.25, 0.3) is 22.5 Å². The Morgan fingerprint density at radius 1 is 0.650 bits per heavy atom. The third kappa shape index (κ3) is 2.59. The van der Waals surface area contributed by atoms with Gasteiger partial charge in [-0.2, -0.15) is 0 Å². The second-order valence-corrected chi connectivity index (χ2v) is 5.03. The van der Waals surface area contributed by atoms with Crippen LogP contribution in [0.5, 0.6) is 0 Å². The number of rotatable bonds is 2. The van der Waals surface area contributed by atoms with Gasteiger partial charge in [-0.25, -0.2) is 0 Å². The number of benzene rings is 2. The molecule has 2 aromatic carbocycles. The fourth-order valence-corrected chi connectivity index (χ4v) is 2.23. The van der Waals surface area contributed by atoms with E-state index in [4.69, 9.17) is 0 Å². The van der Waals surface area contributed by atoms with Crippen molar-refractivity contribution >= 4 is 0 Å². The monoisotopic (exact) mass is 260 g/mol. The molecule has 1 aromatic heterocycles. The third-order valence-corrected chi connectivity index (χ3v) is 3.28. The van der Waals surface area contributed by atoms with Gasteiger partial charge in [0.15, 0.2) is 0 Å². The predicted molar refractivity (Wildman–Crippen MR) is 82.4 cm³/mol. The van der Waals surface area contributed by atoms with Gasteiger partial charge in [-0.1, -0.05) is 47.5 Å². The minimum absolute atomic E-state index is 0.908. The van der Waals surface area contributed by atoms with Crippen molar-refractivity contribution in [3.63, 3.8) is 0 Å². The number of aromatic nitrogens is 2. The fraction of sp³-hybridized carbons (Fsp3) is 0.111. The van der Waals surface area contributed by atoms with Gasteiger partial charge in [0.25, 0.3) is 0 Å². The van der Waals surface area contributed by atoms with Crippen molar-refractivity contribution in [2.75, 3.05) is 0 Å². The van der Waals surface area contributed by atoms with Crippen LogP contribution in [0.3, 0.4) is 0 Å². The van der Waals surface area contributed by atoms with Crippen molar-refractivity contribution in [2.45, 2.75) is 13.8 Å². The van der Waals surface area contributed by atoms with E-state index in [0.29, 0.717) is 0 Å². The summed E-state index contributed by atoms with van der Waals surface area (Å²) >= 11 is 0. The van der Waals surface area contributed by atoms with E-state index in [9.17, 15) is 0 Å². The van der Waals surface area contributed by atoms with Gasteiger partial charge in [0.1, 0.15) is 0 Å². The Hall–Kier alpha value is -2.48. The van der Waals surface area contributed by atoms with Crippen molar-refractivity contribution in [2.24, 2.45) is 0 Å². The van der Waals surface area contributed by atoms with Crippen molar-refractivity contribution in [3.05, 3.63) is 72.1 Å². The highest BCUT2D eigenvalue weighted by atomic mass is 14.8. The average molecular weight is 260 g/mol. The molecule has 0 saturated carbocycles. The molecule has 20 heavy (non-hydrogen) atoms. The van der Waals surface area contributed by atoms with Gasteiger partial charge in [0, 0.05) is 11.1 Å². The molecular formula is C18H16N2. The first-order valence-corrected chi connectivity index (χ1v) is 6.68. The van der Waals surface area contributed by atoms with E-state index in [0.717, 1.165) is 22.5 Å². The maximum atomic E-state index is 4.53. The molecule has 0 fully saturated rings. The molecular weight excluding hydrogens is 244 g/mol. The Bertz CT molecular complexity index is 666. The normalized spacial score (nSPS) is 10.5. The van der Waals surface area contributed by atoms with Crippen molar-refractivity contribution < 1.29 is 0 Å². The first-order valence-electron chi connectivity index (χ1n) is 6.68. The van der Waals surface area contributed by atoms with E-state index in [1.54, 1.807) is 0 Å². The van der Waals surface area contributed by atoms with Crippen molar-refractivity contribution in [1.82, 2.24) is 9.97 Å². The third-order valence-electron chi connectivity index (χ3n) is 3.28. The molecule has 0 unspecified atom stereocenters. The molecule has 2 nitrogen and oxygen atoms in total. The molecule has 0 N–H and O–H groups in total. The van der Waals surface area contributed by atoms with Crippen LogP contribution in [-0.4, -0.2) is 9.97 Å². The Morgan fingerprint density at radius 2 is 1.10 bits per heavy atom. The summed E-state index contributed by atoms with van der Waals surface area (Å²) in [7, 11) is 0. The lowest BCUT2D eigenvalue weighted by Crippen LogP contribution is -1.90. The van der Waals surface area contributed by atoms with Crippen LogP contribution in [0.4, 0.5) is 0 Å². The molecule has 0 saturated heterocycles. The molecule has 0 spiro atoms.